The SMILES string of the molecule is CC(C)(CCO)NCc1ccc(CO)o1. The minimum atomic E-state index is -0.110. The van der Waals surface area contributed by atoms with Gasteiger partial charge in [0, 0.05) is 12.1 Å². The summed E-state index contributed by atoms with van der Waals surface area (Å²) in [6.45, 7) is 4.76. The molecule has 1 aromatic rings. The van der Waals surface area contributed by atoms with Gasteiger partial charge in [-0.2, -0.15) is 0 Å². The molecule has 0 radical (unpaired) electrons. The van der Waals surface area contributed by atoms with Crippen molar-refractivity contribution in [2.24, 2.45) is 0 Å². The smallest absolute Gasteiger partial charge is 0.129 e. The van der Waals surface area contributed by atoms with Crippen LogP contribution in [0.2, 0.25) is 0 Å². The third-order valence-electron chi connectivity index (χ3n) is 2.35. The van der Waals surface area contributed by atoms with E-state index in [1.165, 1.54) is 0 Å². The van der Waals surface area contributed by atoms with E-state index in [4.69, 9.17) is 14.6 Å². The second-order valence-corrected chi connectivity index (χ2v) is 4.24. The van der Waals surface area contributed by atoms with Crippen LogP contribution >= 0.6 is 0 Å². The molecule has 4 heteroatoms. The third kappa shape index (κ3) is 4.03. The normalized spacial score (nSPS) is 12.0. The van der Waals surface area contributed by atoms with Gasteiger partial charge >= 0.3 is 0 Å². The van der Waals surface area contributed by atoms with Gasteiger partial charge in [-0.25, -0.2) is 0 Å². The van der Waals surface area contributed by atoms with E-state index in [1.807, 2.05) is 19.9 Å². The zero-order valence-electron chi connectivity index (χ0n) is 9.29. The lowest BCUT2D eigenvalue weighted by atomic mass is 10.0. The highest BCUT2D eigenvalue weighted by Gasteiger charge is 2.16. The van der Waals surface area contributed by atoms with Gasteiger partial charge in [-0.3, -0.25) is 0 Å². The van der Waals surface area contributed by atoms with Gasteiger partial charge in [0.15, 0.2) is 0 Å². The van der Waals surface area contributed by atoms with Crippen LogP contribution in [-0.2, 0) is 13.2 Å². The predicted molar refractivity (Wildman–Crippen MR) is 57.3 cm³/mol. The van der Waals surface area contributed by atoms with E-state index in [0.717, 1.165) is 5.76 Å². The maximum absolute atomic E-state index is 8.84. The van der Waals surface area contributed by atoms with Crippen molar-refractivity contribution in [1.29, 1.82) is 0 Å². The van der Waals surface area contributed by atoms with Gasteiger partial charge < -0.3 is 19.9 Å². The van der Waals surface area contributed by atoms with Gasteiger partial charge in [-0.05, 0) is 32.4 Å². The van der Waals surface area contributed by atoms with Crippen LogP contribution in [0.4, 0.5) is 0 Å². The summed E-state index contributed by atoms with van der Waals surface area (Å²) < 4.78 is 5.33. The van der Waals surface area contributed by atoms with Gasteiger partial charge in [0.2, 0.25) is 0 Å². The minimum absolute atomic E-state index is 0.0694. The zero-order valence-corrected chi connectivity index (χ0v) is 9.29. The molecule has 15 heavy (non-hydrogen) atoms. The first-order valence-corrected chi connectivity index (χ1v) is 5.12. The lowest BCUT2D eigenvalue weighted by Crippen LogP contribution is -2.39. The van der Waals surface area contributed by atoms with Crippen molar-refractivity contribution >= 4 is 0 Å². The Morgan fingerprint density at radius 1 is 1.27 bits per heavy atom. The van der Waals surface area contributed by atoms with E-state index < -0.39 is 0 Å². The molecule has 86 valence electrons. The number of furan rings is 1. The Balaban J connectivity index is 2.42. The van der Waals surface area contributed by atoms with Crippen LogP contribution < -0.4 is 5.32 Å². The van der Waals surface area contributed by atoms with Crippen molar-refractivity contribution in [3.63, 3.8) is 0 Å². The minimum Gasteiger partial charge on any atom is -0.462 e. The second kappa shape index (κ2) is 5.30. The Morgan fingerprint density at radius 2 is 1.93 bits per heavy atom. The first kappa shape index (κ1) is 12.2. The van der Waals surface area contributed by atoms with Crippen molar-refractivity contribution < 1.29 is 14.6 Å². The van der Waals surface area contributed by atoms with E-state index in [-0.39, 0.29) is 18.8 Å². The van der Waals surface area contributed by atoms with Crippen molar-refractivity contribution in [1.82, 2.24) is 5.32 Å². The fourth-order valence-electron chi connectivity index (χ4n) is 1.30. The third-order valence-corrected chi connectivity index (χ3v) is 2.35. The molecule has 0 saturated carbocycles. The summed E-state index contributed by atoms with van der Waals surface area (Å²) in [6.07, 6.45) is 0.695. The Labute approximate surface area is 89.9 Å². The molecule has 0 amide bonds. The van der Waals surface area contributed by atoms with E-state index in [2.05, 4.69) is 5.32 Å². The number of hydrogen-bond donors (Lipinski definition) is 3. The van der Waals surface area contributed by atoms with Crippen LogP contribution in [0.1, 0.15) is 31.8 Å². The molecule has 1 aromatic heterocycles. The monoisotopic (exact) mass is 213 g/mol. The summed E-state index contributed by atoms with van der Waals surface area (Å²) in [5.74, 6) is 1.37. The molecule has 0 bridgehead atoms. The van der Waals surface area contributed by atoms with E-state index in [1.54, 1.807) is 6.07 Å². The van der Waals surface area contributed by atoms with Gasteiger partial charge in [0.1, 0.15) is 18.1 Å². The van der Waals surface area contributed by atoms with Gasteiger partial charge in [0.05, 0.1) is 6.54 Å². The Morgan fingerprint density at radius 3 is 2.47 bits per heavy atom. The molecule has 0 atom stereocenters. The van der Waals surface area contributed by atoms with Crippen molar-refractivity contribution in [2.45, 2.75) is 39.0 Å². The van der Waals surface area contributed by atoms with Crippen molar-refractivity contribution in [3.05, 3.63) is 23.7 Å². The van der Waals surface area contributed by atoms with Gasteiger partial charge in [-0.1, -0.05) is 0 Å². The summed E-state index contributed by atoms with van der Waals surface area (Å²) in [4.78, 5) is 0. The molecule has 0 aromatic carbocycles. The van der Waals surface area contributed by atoms with Crippen LogP contribution in [0, 0.1) is 0 Å². The van der Waals surface area contributed by atoms with E-state index in [9.17, 15) is 0 Å². The fourth-order valence-corrected chi connectivity index (χ4v) is 1.30. The molecule has 0 aliphatic carbocycles. The number of rotatable bonds is 6. The topological polar surface area (TPSA) is 65.6 Å². The molecule has 0 spiro atoms. The molecule has 0 fully saturated rings. The van der Waals surface area contributed by atoms with E-state index in [0.29, 0.717) is 18.7 Å². The van der Waals surface area contributed by atoms with Crippen LogP contribution in [-0.4, -0.2) is 22.4 Å². The predicted octanol–water partition coefficient (Wildman–Crippen LogP) is 1.02. The lowest BCUT2D eigenvalue weighted by molar-refractivity contribution is 0.222. The summed E-state index contributed by atoms with van der Waals surface area (Å²) >= 11 is 0. The summed E-state index contributed by atoms with van der Waals surface area (Å²) in [7, 11) is 0. The molecule has 1 rings (SSSR count). The molecule has 3 N–H and O–H groups in total. The second-order valence-electron chi connectivity index (χ2n) is 4.24. The number of aliphatic hydroxyl groups is 2. The largest absolute Gasteiger partial charge is 0.462 e. The van der Waals surface area contributed by atoms with Crippen molar-refractivity contribution in [3.8, 4) is 0 Å². The number of nitrogens with one attached hydrogen (secondary N) is 1. The van der Waals surface area contributed by atoms with Gasteiger partial charge in [0.25, 0.3) is 0 Å². The van der Waals surface area contributed by atoms with Crippen LogP contribution in [0.3, 0.4) is 0 Å². The average molecular weight is 213 g/mol. The lowest BCUT2D eigenvalue weighted by Gasteiger charge is -2.24. The molecule has 0 aliphatic rings. The van der Waals surface area contributed by atoms with Crippen LogP contribution in [0.15, 0.2) is 16.5 Å². The Bertz CT molecular complexity index is 294. The summed E-state index contributed by atoms with van der Waals surface area (Å²) in [5.41, 5.74) is -0.110. The first-order chi connectivity index (χ1) is 7.07. The number of aliphatic hydroxyl groups excluding tert-OH is 2. The first-order valence-electron chi connectivity index (χ1n) is 5.12. The maximum Gasteiger partial charge on any atom is 0.129 e. The maximum atomic E-state index is 8.84. The summed E-state index contributed by atoms with van der Waals surface area (Å²) in [5, 5.41) is 20.9. The molecule has 4 nitrogen and oxygen atoms in total. The molecular weight excluding hydrogens is 194 g/mol. The standard InChI is InChI=1S/C11H19NO3/c1-11(2,5-6-13)12-7-9-3-4-10(8-14)15-9/h3-4,12-14H,5-8H2,1-2H3. The van der Waals surface area contributed by atoms with Crippen LogP contribution in [0.25, 0.3) is 0 Å². The highest BCUT2D eigenvalue weighted by molar-refractivity contribution is 5.06. The zero-order chi connectivity index (χ0) is 11.3. The number of hydrogen-bond acceptors (Lipinski definition) is 4. The quantitative estimate of drug-likeness (QED) is 0.660. The molecule has 0 saturated heterocycles. The molecule has 0 aliphatic heterocycles. The molecular formula is C11H19NO3. The van der Waals surface area contributed by atoms with E-state index >= 15 is 0 Å². The Kier molecular flexibility index (Phi) is 4.32. The summed E-state index contributed by atoms with van der Waals surface area (Å²) in [6, 6.07) is 3.60. The molecule has 1 heterocycles. The van der Waals surface area contributed by atoms with Crippen molar-refractivity contribution in [2.75, 3.05) is 6.61 Å². The fraction of sp³-hybridized carbons (Fsp3) is 0.636. The highest BCUT2D eigenvalue weighted by atomic mass is 16.4. The van der Waals surface area contributed by atoms with Gasteiger partial charge in [-0.15, -0.1) is 0 Å². The molecule has 0 unspecified atom stereocenters. The highest BCUT2D eigenvalue weighted by Crippen LogP contribution is 2.11. The average Bonchev–Trinajstić information content (AvgIpc) is 2.62. The van der Waals surface area contributed by atoms with Crippen LogP contribution in [0.5, 0.6) is 0 Å². The Hall–Kier alpha value is -0.840.